The highest BCUT2D eigenvalue weighted by molar-refractivity contribution is 5.85. The quantitative estimate of drug-likeness (QED) is 0.622. The summed E-state index contributed by atoms with van der Waals surface area (Å²) >= 11 is 0. The zero-order chi connectivity index (χ0) is 13.4. The predicted octanol–water partition coefficient (Wildman–Crippen LogP) is 1.44. The van der Waals surface area contributed by atoms with Gasteiger partial charge in [0.2, 0.25) is 0 Å². The summed E-state index contributed by atoms with van der Waals surface area (Å²) in [5.74, 6) is 0. The number of hydrogen-bond acceptors (Lipinski definition) is 4. The van der Waals surface area contributed by atoms with Gasteiger partial charge in [-0.3, -0.25) is 0 Å². The summed E-state index contributed by atoms with van der Waals surface area (Å²) in [7, 11) is 3.92. The lowest BCUT2D eigenvalue weighted by Gasteiger charge is -2.24. The summed E-state index contributed by atoms with van der Waals surface area (Å²) < 4.78 is 0. The summed E-state index contributed by atoms with van der Waals surface area (Å²) in [5, 5.41) is 24.7. The van der Waals surface area contributed by atoms with E-state index in [4.69, 9.17) is 0 Å². The molecule has 2 saturated carbocycles. The largest absolute Gasteiger partial charge is 0.393 e. The van der Waals surface area contributed by atoms with Crippen molar-refractivity contribution < 1.29 is 10.2 Å². The van der Waals surface area contributed by atoms with Crippen molar-refractivity contribution in [1.82, 2.24) is 10.6 Å². The average Bonchev–Trinajstić information content (AvgIpc) is 2.39. The Labute approximate surface area is 123 Å². The Morgan fingerprint density at radius 1 is 0.737 bits per heavy atom. The third-order valence-electron chi connectivity index (χ3n) is 4.11. The Bertz CT molecular complexity index is 198. The van der Waals surface area contributed by atoms with E-state index in [1.807, 2.05) is 14.1 Å². The van der Waals surface area contributed by atoms with Crippen LogP contribution in [0.15, 0.2) is 0 Å². The van der Waals surface area contributed by atoms with Crippen LogP contribution >= 0.6 is 12.4 Å². The lowest BCUT2D eigenvalue weighted by molar-refractivity contribution is 0.113. The van der Waals surface area contributed by atoms with Gasteiger partial charge in [-0.15, -0.1) is 12.4 Å². The molecule has 0 spiro atoms. The SMILES string of the molecule is CN[C@@H]1CCC[C@H](O)C1.CN[C@H]1CCC[C@@H](O)C1.Cl. The van der Waals surface area contributed by atoms with Crippen LogP contribution in [0.25, 0.3) is 0 Å². The molecular formula is C14H31ClN2O2. The first-order valence-corrected chi connectivity index (χ1v) is 7.36. The van der Waals surface area contributed by atoms with Crippen molar-refractivity contribution in [3.05, 3.63) is 0 Å². The van der Waals surface area contributed by atoms with Crippen molar-refractivity contribution in [2.75, 3.05) is 14.1 Å². The average molecular weight is 295 g/mol. The molecule has 0 aromatic rings. The van der Waals surface area contributed by atoms with Crippen LogP contribution in [0.2, 0.25) is 0 Å². The van der Waals surface area contributed by atoms with Gasteiger partial charge in [-0.25, -0.2) is 0 Å². The summed E-state index contributed by atoms with van der Waals surface area (Å²) in [4.78, 5) is 0. The Kier molecular flexibility index (Phi) is 10.9. The molecule has 0 saturated heterocycles. The predicted molar refractivity (Wildman–Crippen MR) is 81.9 cm³/mol. The van der Waals surface area contributed by atoms with Crippen molar-refractivity contribution in [2.24, 2.45) is 0 Å². The Morgan fingerprint density at radius 2 is 1.11 bits per heavy atom. The van der Waals surface area contributed by atoms with Crippen molar-refractivity contribution in [1.29, 1.82) is 0 Å². The number of aliphatic hydroxyl groups is 2. The molecule has 4 atom stereocenters. The summed E-state index contributed by atoms with van der Waals surface area (Å²) in [6.07, 6.45) is 8.59. The summed E-state index contributed by atoms with van der Waals surface area (Å²) in [6, 6.07) is 1.13. The first-order valence-electron chi connectivity index (χ1n) is 7.36. The normalized spacial score (nSPS) is 34.7. The van der Waals surface area contributed by atoms with Crippen LogP contribution < -0.4 is 10.6 Å². The monoisotopic (exact) mass is 294 g/mol. The van der Waals surface area contributed by atoms with E-state index in [-0.39, 0.29) is 24.6 Å². The molecule has 4 N–H and O–H groups in total. The smallest absolute Gasteiger partial charge is 0.0555 e. The standard InChI is InChI=1S/2C7H15NO.ClH/c2*1-8-6-3-2-4-7(9)5-6;/h2*6-9H,2-5H2,1H3;1H/t2*6-,7+;/m10./s1. The first kappa shape index (κ1) is 19.1. The highest BCUT2D eigenvalue weighted by Gasteiger charge is 2.18. The van der Waals surface area contributed by atoms with Gasteiger partial charge >= 0.3 is 0 Å². The molecule has 0 aliphatic heterocycles. The zero-order valence-corrected chi connectivity index (χ0v) is 13.1. The Balaban J connectivity index is 0.000000324. The fraction of sp³-hybridized carbons (Fsp3) is 1.00. The lowest BCUT2D eigenvalue weighted by atomic mass is 9.93. The molecule has 0 amide bonds. The van der Waals surface area contributed by atoms with Gasteiger partial charge < -0.3 is 20.8 Å². The van der Waals surface area contributed by atoms with E-state index in [0.717, 1.165) is 25.7 Å². The highest BCUT2D eigenvalue weighted by atomic mass is 35.5. The van der Waals surface area contributed by atoms with Gasteiger partial charge in [0.05, 0.1) is 12.2 Å². The molecule has 0 bridgehead atoms. The van der Waals surface area contributed by atoms with Crippen LogP contribution in [0, 0.1) is 0 Å². The van der Waals surface area contributed by atoms with Crippen LogP contribution in [0.5, 0.6) is 0 Å². The lowest BCUT2D eigenvalue weighted by Crippen LogP contribution is -2.33. The van der Waals surface area contributed by atoms with Gasteiger partial charge in [-0.2, -0.15) is 0 Å². The molecule has 2 aliphatic carbocycles. The third kappa shape index (κ3) is 8.10. The maximum absolute atomic E-state index is 9.17. The second-order valence-corrected chi connectivity index (χ2v) is 5.61. The van der Waals surface area contributed by atoms with Crippen LogP contribution in [0.3, 0.4) is 0 Å². The molecule has 5 heteroatoms. The minimum atomic E-state index is -0.0452. The van der Waals surface area contributed by atoms with Gasteiger partial charge in [-0.1, -0.05) is 0 Å². The Morgan fingerprint density at radius 3 is 1.32 bits per heavy atom. The van der Waals surface area contributed by atoms with Gasteiger partial charge in [0.25, 0.3) is 0 Å². The van der Waals surface area contributed by atoms with Crippen molar-refractivity contribution >= 4 is 12.4 Å². The molecule has 2 fully saturated rings. The molecule has 0 aromatic carbocycles. The summed E-state index contributed by atoms with van der Waals surface area (Å²) in [5.41, 5.74) is 0. The van der Waals surface area contributed by atoms with E-state index >= 15 is 0 Å². The van der Waals surface area contributed by atoms with Crippen LogP contribution in [0.1, 0.15) is 51.4 Å². The van der Waals surface area contributed by atoms with Crippen LogP contribution in [0.4, 0.5) is 0 Å². The maximum Gasteiger partial charge on any atom is 0.0555 e. The van der Waals surface area contributed by atoms with Crippen molar-refractivity contribution in [3.63, 3.8) is 0 Å². The van der Waals surface area contributed by atoms with Crippen LogP contribution in [-0.4, -0.2) is 48.6 Å². The molecule has 4 nitrogen and oxygen atoms in total. The van der Waals surface area contributed by atoms with E-state index in [1.165, 1.54) is 25.7 Å². The number of halogens is 1. The second-order valence-electron chi connectivity index (χ2n) is 5.61. The summed E-state index contributed by atoms with van der Waals surface area (Å²) in [6.45, 7) is 0. The van der Waals surface area contributed by atoms with Gasteiger partial charge in [0.1, 0.15) is 0 Å². The van der Waals surface area contributed by atoms with E-state index in [0.29, 0.717) is 12.1 Å². The molecule has 0 heterocycles. The molecule has 0 unspecified atom stereocenters. The minimum absolute atomic E-state index is 0. The fourth-order valence-corrected chi connectivity index (χ4v) is 2.85. The minimum Gasteiger partial charge on any atom is -0.393 e. The maximum atomic E-state index is 9.17. The highest BCUT2D eigenvalue weighted by Crippen LogP contribution is 2.18. The fourth-order valence-electron chi connectivity index (χ4n) is 2.85. The number of aliphatic hydroxyl groups excluding tert-OH is 2. The molecule has 116 valence electrons. The number of rotatable bonds is 2. The van der Waals surface area contributed by atoms with Crippen molar-refractivity contribution in [2.45, 2.75) is 75.7 Å². The molecule has 0 radical (unpaired) electrons. The zero-order valence-electron chi connectivity index (χ0n) is 12.3. The first-order chi connectivity index (χ1) is 8.65. The van der Waals surface area contributed by atoms with Gasteiger partial charge in [0, 0.05) is 12.1 Å². The van der Waals surface area contributed by atoms with Gasteiger partial charge in [-0.05, 0) is 65.5 Å². The third-order valence-corrected chi connectivity index (χ3v) is 4.11. The topological polar surface area (TPSA) is 64.5 Å². The van der Waals surface area contributed by atoms with E-state index in [9.17, 15) is 10.2 Å². The van der Waals surface area contributed by atoms with E-state index < -0.39 is 0 Å². The van der Waals surface area contributed by atoms with E-state index in [2.05, 4.69) is 10.6 Å². The number of hydrogen-bond donors (Lipinski definition) is 4. The molecular weight excluding hydrogens is 264 g/mol. The van der Waals surface area contributed by atoms with Crippen LogP contribution in [-0.2, 0) is 0 Å². The van der Waals surface area contributed by atoms with E-state index in [1.54, 1.807) is 0 Å². The van der Waals surface area contributed by atoms with Gasteiger partial charge in [0.15, 0.2) is 0 Å². The van der Waals surface area contributed by atoms with Crippen molar-refractivity contribution in [3.8, 4) is 0 Å². The second kappa shape index (κ2) is 10.9. The Hall–Kier alpha value is 0.130. The molecule has 19 heavy (non-hydrogen) atoms. The molecule has 2 rings (SSSR count). The molecule has 2 aliphatic rings. The molecule has 0 aromatic heterocycles. The number of nitrogens with one attached hydrogen (secondary N) is 2.